The summed E-state index contributed by atoms with van der Waals surface area (Å²) in [6.07, 6.45) is 8.13. The van der Waals surface area contributed by atoms with Gasteiger partial charge in [-0.2, -0.15) is 0 Å². The van der Waals surface area contributed by atoms with E-state index >= 15 is 0 Å². The average Bonchev–Trinajstić information content (AvgIpc) is 3.16. The van der Waals surface area contributed by atoms with Crippen molar-refractivity contribution in [2.45, 2.75) is 38.8 Å². The fourth-order valence-corrected chi connectivity index (χ4v) is 3.53. The summed E-state index contributed by atoms with van der Waals surface area (Å²) in [5.41, 5.74) is 2.62. The molecular weight excluding hydrogens is 334 g/mol. The average molecular weight is 353 g/mol. The van der Waals surface area contributed by atoms with Crippen molar-refractivity contribution < 1.29 is 9.59 Å². The van der Waals surface area contributed by atoms with Crippen molar-refractivity contribution in [3.05, 3.63) is 35.7 Å². The normalized spacial score (nSPS) is 20.9. The fourth-order valence-electron chi connectivity index (χ4n) is 3.53. The second-order valence-electron chi connectivity index (χ2n) is 6.62. The summed E-state index contributed by atoms with van der Waals surface area (Å²) in [5.74, 6) is 0.383. The van der Waals surface area contributed by atoms with Crippen molar-refractivity contribution in [3.63, 3.8) is 0 Å². The molecule has 2 aromatic rings. The Morgan fingerprint density at radius 2 is 2.12 bits per heavy atom. The van der Waals surface area contributed by atoms with Crippen molar-refractivity contribution in [2.75, 3.05) is 5.32 Å². The van der Waals surface area contributed by atoms with Gasteiger partial charge >= 0.3 is 0 Å². The molecule has 1 spiro atoms. The highest BCUT2D eigenvalue weighted by atomic mass is 16.2. The molecule has 0 atom stereocenters. The second-order valence-corrected chi connectivity index (χ2v) is 6.62. The van der Waals surface area contributed by atoms with Gasteiger partial charge in [0, 0.05) is 5.70 Å². The predicted molar refractivity (Wildman–Crippen MR) is 94.4 cm³/mol. The van der Waals surface area contributed by atoms with Gasteiger partial charge < -0.3 is 15.6 Å². The SMILES string of the molecule is CC(/C=C(\C)Nc1ncnc2nc[nH]c12)=C1\C(=O)NC2(CCC2)N1C=O. The highest BCUT2D eigenvalue weighted by molar-refractivity contribution is 6.00. The van der Waals surface area contributed by atoms with E-state index in [1.54, 1.807) is 6.33 Å². The molecule has 134 valence electrons. The number of imidazole rings is 1. The van der Waals surface area contributed by atoms with Gasteiger partial charge in [-0.1, -0.05) is 0 Å². The number of nitrogens with zero attached hydrogens (tertiary/aromatic N) is 4. The number of aromatic nitrogens is 4. The zero-order valence-electron chi connectivity index (χ0n) is 14.5. The predicted octanol–water partition coefficient (Wildman–Crippen LogP) is 1.41. The molecule has 9 nitrogen and oxygen atoms in total. The van der Waals surface area contributed by atoms with Crippen LogP contribution in [0.5, 0.6) is 0 Å². The zero-order valence-corrected chi connectivity index (χ0v) is 14.5. The number of allylic oxidation sites excluding steroid dienone is 3. The largest absolute Gasteiger partial charge is 0.342 e. The number of fused-ring (bicyclic) bond motifs is 1. The maximum atomic E-state index is 12.4. The van der Waals surface area contributed by atoms with Crippen LogP contribution in [0.4, 0.5) is 5.82 Å². The standard InChI is InChI=1S/C17H19N7O2/c1-10(13-16(26)23-17(4-3-5-17)24(13)9-25)6-11(2)22-15-12-14(19-7-18-12)20-8-21-15/h6-9H,3-5H2,1-2H3,(H,23,26)(H2,18,19,20,21,22)/b11-6+,13-10-. The van der Waals surface area contributed by atoms with Crippen LogP contribution in [0.3, 0.4) is 0 Å². The topological polar surface area (TPSA) is 116 Å². The number of amides is 2. The lowest BCUT2D eigenvalue weighted by molar-refractivity contribution is -0.123. The first-order chi connectivity index (χ1) is 12.5. The molecule has 2 aromatic heterocycles. The minimum absolute atomic E-state index is 0.212. The summed E-state index contributed by atoms with van der Waals surface area (Å²) < 4.78 is 0. The van der Waals surface area contributed by atoms with Gasteiger partial charge in [-0.05, 0) is 44.8 Å². The van der Waals surface area contributed by atoms with Gasteiger partial charge in [0.1, 0.15) is 23.2 Å². The van der Waals surface area contributed by atoms with Crippen LogP contribution in [0.15, 0.2) is 35.7 Å². The summed E-state index contributed by atoms with van der Waals surface area (Å²) in [6, 6.07) is 0. The molecule has 2 fully saturated rings. The Morgan fingerprint density at radius 3 is 2.81 bits per heavy atom. The summed E-state index contributed by atoms with van der Waals surface area (Å²) in [7, 11) is 0. The van der Waals surface area contributed by atoms with Crippen LogP contribution in [-0.4, -0.2) is 42.8 Å². The van der Waals surface area contributed by atoms with Crippen molar-refractivity contribution in [1.29, 1.82) is 0 Å². The van der Waals surface area contributed by atoms with Crippen LogP contribution in [0.1, 0.15) is 33.1 Å². The van der Waals surface area contributed by atoms with Crippen LogP contribution in [0.25, 0.3) is 11.2 Å². The highest BCUT2D eigenvalue weighted by Gasteiger charge is 2.51. The Balaban J connectivity index is 1.64. The van der Waals surface area contributed by atoms with Gasteiger partial charge in [-0.15, -0.1) is 0 Å². The second kappa shape index (κ2) is 5.94. The van der Waals surface area contributed by atoms with Crippen LogP contribution in [0, 0.1) is 0 Å². The summed E-state index contributed by atoms with van der Waals surface area (Å²) >= 11 is 0. The van der Waals surface area contributed by atoms with Crippen LogP contribution in [0.2, 0.25) is 0 Å². The van der Waals surface area contributed by atoms with Gasteiger partial charge in [0.25, 0.3) is 5.91 Å². The number of anilines is 1. The van der Waals surface area contributed by atoms with Gasteiger partial charge in [0.2, 0.25) is 6.41 Å². The van der Waals surface area contributed by atoms with Crippen molar-refractivity contribution in [3.8, 4) is 0 Å². The maximum Gasteiger partial charge on any atom is 0.270 e. The Bertz CT molecular complexity index is 955. The number of rotatable bonds is 4. The molecule has 1 aliphatic heterocycles. The Labute approximate surface area is 149 Å². The van der Waals surface area contributed by atoms with E-state index in [-0.39, 0.29) is 5.91 Å². The molecule has 3 heterocycles. The van der Waals surface area contributed by atoms with E-state index in [0.717, 1.165) is 31.4 Å². The molecule has 1 saturated heterocycles. The monoisotopic (exact) mass is 353 g/mol. The number of H-pyrrole nitrogens is 1. The number of aromatic amines is 1. The van der Waals surface area contributed by atoms with E-state index in [4.69, 9.17) is 0 Å². The molecule has 2 amide bonds. The van der Waals surface area contributed by atoms with Gasteiger partial charge in [-0.25, -0.2) is 15.0 Å². The van der Waals surface area contributed by atoms with Crippen molar-refractivity contribution in [2.24, 2.45) is 0 Å². The molecular formula is C17H19N7O2. The first-order valence-electron chi connectivity index (χ1n) is 8.41. The van der Waals surface area contributed by atoms with E-state index in [1.807, 2.05) is 19.9 Å². The van der Waals surface area contributed by atoms with Crippen molar-refractivity contribution >= 4 is 29.3 Å². The van der Waals surface area contributed by atoms with Crippen LogP contribution < -0.4 is 10.6 Å². The summed E-state index contributed by atoms with van der Waals surface area (Å²) in [5, 5.41) is 6.14. The third-order valence-electron chi connectivity index (χ3n) is 4.89. The third kappa shape index (κ3) is 2.43. The molecule has 3 N–H and O–H groups in total. The molecule has 2 aliphatic rings. The number of hydrogen-bond acceptors (Lipinski definition) is 6. The van der Waals surface area contributed by atoms with Crippen LogP contribution >= 0.6 is 0 Å². The number of carbonyl (C=O) groups is 2. The van der Waals surface area contributed by atoms with Gasteiger partial charge in [-0.3, -0.25) is 14.5 Å². The number of nitrogens with one attached hydrogen (secondary N) is 3. The van der Waals surface area contributed by atoms with E-state index in [0.29, 0.717) is 28.3 Å². The Hall–Kier alpha value is -3.23. The fraction of sp³-hybridized carbons (Fsp3) is 0.353. The molecule has 9 heteroatoms. The first-order valence-corrected chi connectivity index (χ1v) is 8.41. The zero-order chi connectivity index (χ0) is 18.3. The first kappa shape index (κ1) is 16.2. The van der Waals surface area contributed by atoms with Gasteiger partial charge in [0.05, 0.1) is 6.33 Å². The molecule has 0 unspecified atom stereocenters. The lowest BCUT2D eigenvalue weighted by Crippen LogP contribution is -2.56. The minimum Gasteiger partial charge on any atom is -0.342 e. The molecule has 1 aliphatic carbocycles. The maximum absolute atomic E-state index is 12.4. The lowest BCUT2D eigenvalue weighted by atomic mass is 9.84. The highest BCUT2D eigenvalue weighted by Crippen LogP contribution is 2.41. The van der Waals surface area contributed by atoms with Gasteiger partial charge in [0.15, 0.2) is 11.5 Å². The van der Waals surface area contributed by atoms with Crippen LogP contribution in [-0.2, 0) is 9.59 Å². The Kier molecular flexibility index (Phi) is 3.71. The summed E-state index contributed by atoms with van der Waals surface area (Å²) in [4.78, 5) is 41.0. The summed E-state index contributed by atoms with van der Waals surface area (Å²) in [6.45, 7) is 3.69. The minimum atomic E-state index is -0.528. The van der Waals surface area contributed by atoms with E-state index in [9.17, 15) is 9.59 Å². The molecule has 4 rings (SSSR count). The smallest absolute Gasteiger partial charge is 0.270 e. The quantitative estimate of drug-likeness (QED) is 0.565. The van der Waals surface area contributed by atoms with Crippen molar-refractivity contribution in [1.82, 2.24) is 30.2 Å². The molecule has 1 saturated carbocycles. The third-order valence-corrected chi connectivity index (χ3v) is 4.89. The van der Waals surface area contributed by atoms with E-state index < -0.39 is 5.66 Å². The molecule has 0 aromatic carbocycles. The molecule has 26 heavy (non-hydrogen) atoms. The number of hydrogen-bond donors (Lipinski definition) is 3. The Morgan fingerprint density at radius 1 is 1.31 bits per heavy atom. The number of carbonyl (C=O) groups excluding carboxylic acids is 2. The lowest BCUT2D eigenvalue weighted by Gasteiger charge is -2.42. The molecule has 0 radical (unpaired) electrons. The molecule has 0 bridgehead atoms. The van der Waals surface area contributed by atoms with E-state index in [1.165, 1.54) is 11.2 Å². The van der Waals surface area contributed by atoms with E-state index in [2.05, 4.69) is 30.6 Å².